The Morgan fingerprint density at radius 1 is 1.16 bits per heavy atom. The Bertz CT molecular complexity index is 1160. The van der Waals surface area contributed by atoms with Crippen LogP contribution < -0.4 is 4.74 Å². The van der Waals surface area contributed by atoms with Crippen molar-refractivity contribution in [2.24, 2.45) is 0 Å². The minimum atomic E-state index is -3.36. The summed E-state index contributed by atoms with van der Waals surface area (Å²) in [6.45, 7) is 1.13. The Labute approximate surface area is 184 Å². The van der Waals surface area contributed by atoms with Crippen molar-refractivity contribution in [3.8, 4) is 5.19 Å². The van der Waals surface area contributed by atoms with Gasteiger partial charge in [0.2, 0.25) is 5.91 Å². The molecule has 1 aliphatic heterocycles. The number of rotatable bonds is 7. The molecule has 0 spiro atoms. The van der Waals surface area contributed by atoms with E-state index in [9.17, 15) is 17.6 Å². The van der Waals surface area contributed by atoms with Gasteiger partial charge in [0.1, 0.15) is 11.9 Å². The lowest BCUT2D eigenvalue weighted by Gasteiger charge is -2.31. The van der Waals surface area contributed by atoms with Gasteiger partial charge in [-0.2, -0.15) is 0 Å². The lowest BCUT2D eigenvalue weighted by molar-refractivity contribution is -0.133. The van der Waals surface area contributed by atoms with Gasteiger partial charge in [0, 0.05) is 32.4 Å². The Balaban J connectivity index is 1.23. The van der Waals surface area contributed by atoms with Crippen molar-refractivity contribution >= 4 is 37.3 Å². The summed E-state index contributed by atoms with van der Waals surface area (Å²) < 4.78 is 44.7. The fourth-order valence-corrected chi connectivity index (χ4v) is 5.85. The molecule has 0 aliphatic carbocycles. The number of fused-ring (bicyclic) bond motifs is 1. The first-order valence-corrected chi connectivity index (χ1v) is 12.7. The van der Waals surface area contributed by atoms with Crippen molar-refractivity contribution in [3.63, 3.8) is 0 Å². The molecular formula is C22H23FN2O4S2. The van der Waals surface area contributed by atoms with Gasteiger partial charge in [-0.1, -0.05) is 29.5 Å². The Morgan fingerprint density at radius 3 is 2.65 bits per heavy atom. The summed E-state index contributed by atoms with van der Waals surface area (Å²) >= 11 is 1.31. The van der Waals surface area contributed by atoms with E-state index in [0.29, 0.717) is 43.1 Å². The molecule has 2 heterocycles. The van der Waals surface area contributed by atoms with Gasteiger partial charge in [-0.25, -0.2) is 17.8 Å². The summed E-state index contributed by atoms with van der Waals surface area (Å²) in [5, 5.41) is 0.511. The van der Waals surface area contributed by atoms with Crippen LogP contribution in [0.5, 0.6) is 5.19 Å². The highest BCUT2D eigenvalue weighted by atomic mass is 32.2. The first kappa shape index (κ1) is 21.7. The molecule has 3 aromatic rings. The molecule has 0 radical (unpaired) electrons. The molecule has 0 N–H and O–H groups in total. The van der Waals surface area contributed by atoms with Gasteiger partial charge >= 0.3 is 0 Å². The van der Waals surface area contributed by atoms with E-state index in [1.54, 1.807) is 41.3 Å². The van der Waals surface area contributed by atoms with Crippen molar-refractivity contribution in [3.05, 3.63) is 54.3 Å². The van der Waals surface area contributed by atoms with E-state index in [2.05, 4.69) is 4.98 Å². The van der Waals surface area contributed by atoms with Crippen LogP contribution in [0.1, 0.15) is 25.7 Å². The number of sulfone groups is 1. The second kappa shape index (κ2) is 9.32. The Kier molecular flexibility index (Phi) is 6.52. The number of aromatic nitrogens is 1. The van der Waals surface area contributed by atoms with Crippen molar-refractivity contribution in [1.82, 2.24) is 9.88 Å². The van der Waals surface area contributed by atoms with E-state index in [4.69, 9.17) is 4.74 Å². The SMILES string of the molecule is O=C(CCCS(=O)(=O)c1ccccc1)N1CCC(Oc2nc3ccc(F)cc3s2)CC1. The molecule has 1 amide bonds. The predicted molar refractivity (Wildman–Crippen MR) is 118 cm³/mol. The van der Waals surface area contributed by atoms with Gasteiger partial charge in [0.25, 0.3) is 5.19 Å². The third-order valence-electron chi connectivity index (χ3n) is 5.30. The van der Waals surface area contributed by atoms with Gasteiger partial charge in [-0.3, -0.25) is 4.79 Å². The number of ether oxygens (including phenoxy) is 1. The number of piperidine rings is 1. The number of nitrogens with zero attached hydrogens (tertiary/aromatic N) is 2. The van der Waals surface area contributed by atoms with Crippen LogP contribution in [0.25, 0.3) is 10.2 Å². The van der Waals surface area contributed by atoms with Gasteiger partial charge in [0.15, 0.2) is 9.84 Å². The minimum absolute atomic E-state index is 0.0304. The monoisotopic (exact) mass is 462 g/mol. The standard InChI is InChI=1S/C22H23FN2O4S2/c23-16-8-9-19-20(15-16)30-22(24-19)29-17-10-12-25(13-11-17)21(26)7-4-14-31(27,28)18-5-2-1-3-6-18/h1-3,5-6,8-9,15,17H,4,7,10-14H2. The third kappa shape index (κ3) is 5.40. The number of benzene rings is 2. The molecular weight excluding hydrogens is 439 g/mol. The maximum Gasteiger partial charge on any atom is 0.274 e. The average Bonchev–Trinajstić information content (AvgIpc) is 3.16. The highest BCUT2D eigenvalue weighted by Gasteiger charge is 2.25. The van der Waals surface area contributed by atoms with Crippen LogP contribution in [0.2, 0.25) is 0 Å². The number of hydrogen-bond acceptors (Lipinski definition) is 6. The second-order valence-electron chi connectivity index (χ2n) is 7.53. The summed E-state index contributed by atoms with van der Waals surface area (Å²) in [4.78, 5) is 18.9. The molecule has 2 aromatic carbocycles. The first-order chi connectivity index (χ1) is 14.9. The molecule has 1 aromatic heterocycles. The summed E-state index contributed by atoms with van der Waals surface area (Å²) in [6.07, 6.45) is 1.82. The van der Waals surface area contributed by atoms with Gasteiger partial charge in [-0.15, -0.1) is 0 Å². The molecule has 6 nitrogen and oxygen atoms in total. The molecule has 0 saturated carbocycles. The minimum Gasteiger partial charge on any atom is -0.467 e. The largest absolute Gasteiger partial charge is 0.467 e. The van der Waals surface area contributed by atoms with Crippen LogP contribution in [-0.2, 0) is 14.6 Å². The number of thiazole rings is 1. The molecule has 0 unspecified atom stereocenters. The highest BCUT2D eigenvalue weighted by molar-refractivity contribution is 7.91. The average molecular weight is 463 g/mol. The Morgan fingerprint density at radius 2 is 1.90 bits per heavy atom. The molecule has 0 bridgehead atoms. The van der Waals surface area contributed by atoms with Gasteiger partial charge in [-0.05, 0) is 36.8 Å². The molecule has 1 fully saturated rings. The summed E-state index contributed by atoms with van der Waals surface area (Å²) in [5.74, 6) is -0.371. The fourth-order valence-electron chi connectivity index (χ4n) is 3.61. The second-order valence-corrected chi connectivity index (χ2v) is 10.6. The van der Waals surface area contributed by atoms with E-state index in [1.165, 1.54) is 23.5 Å². The number of carbonyl (C=O) groups excluding carboxylic acids is 1. The molecule has 31 heavy (non-hydrogen) atoms. The molecule has 9 heteroatoms. The van der Waals surface area contributed by atoms with Crippen LogP contribution in [0.15, 0.2) is 53.4 Å². The zero-order valence-electron chi connectivity index (χ0n) is 16.9. The van der Waals surface area contributed by atoms with E-state index in [0.717, 1.165) is 4.70 Å². The maximum atomic E-state index is 13.3. The summed E-state index contributed by atoms with van der Waals surface area (Å²) in [6, 6.07) is 12.8. The summed E-state index contributed by atoms with van der Waals surface area (Å²) in [5.41, 5.74) is 0.708. The van der Waals surface area contributed by atoms with Gasteiger partial charge in [0.05, 0.1) is 20.9 Å². The molecule has 1 saturated heterocycles. The zero-order chi connectivity index (χ0) is 21.8. The number of carbonyl (C=O) groups is 1. The van der Waals surface area contributed by atoms with Crippen molar-refractivity contribution < 1.29 is 22.3 Å². The summed E-state index contributed by atoms with van der Waals surface area (Å²) in [7, 11) is -3.36. The smallest absolute Gasteiger partial charge is 0.274 e. The molecule has 4 rings (SSSR count). The zero-order valence-corrected chi connectivity index (χ0v) is 18.5. The number of likely N-dealkylation sites (tertiary alicyclic amines) is 1. The van der Waals surface area contributed by atoms with E-state index in [1.807, 2.05) is 0 Å². The molecule has 1 aliphatic rings. The van der Waals surface area contributed by atoms with E-state index in [-0.39, 0.29) is 34.9 Å². The van der Waals surface area contributed by atoms with Crippen LogP contribution in [0, 0.1) is 5.82 Å². The van der Waals surface area contributed by atoms with Gasteiger partial charge < -0.3 is 9.64 Å². The molecule has 0 atom stereocenters. The third-order valence-corrected chi connectivity index (χ3v) is 8.02. The lowest BCUT2D eigenvalue weighted by atomic mass is 10.1. The lowest BCUT2D eigenvalue weighted by Crippen LogP contribution is -2.41. The van der Waals surface area contributed by atoms with Crippen LogP contribution in [-0.4, -0.2) is 49.2 Å². The Hall–Kier alpha value is -2.52. The van der Waals surface area contributed by atoms with Crippen molar-refractivity contribution in [2.45, 2.75) is 36.7 Å². The first-order valence-electron chi connectivity index (χ1n) is 10.2. The van der Waals surface area contributed by atoms with Crippen LogP contribution in [0.4, 0.5) is 4.39 Å². The maximum absolute atomic E-state index is 13.3. The van der Waals surface area contributed by atoms with E-state index < -0.39 is 9.84 Å². The van der Waals surface area contributed by atoms with Crippen molar-refractivity contribution in [1.29, 1.82) is 0 Å². The number of hydrogen-bond donors (Lipinski definition) is 0. The van der Waals surface area contributed by atoms with E-state index >= 15 is 0 Å². The quantitative estimate of drug-likeness (QED) is 0.529. The predicted octanol–water partition coefficient (Wildman–Crippen LogP) is 4.06. The number of halogens is 1. The fraction of sp³-hybridized carbons (Fsp3) is 0.364. The van der Waals surface area contributed by atoms with Crippen molar-refractivity contribution in [2.75, 3.05) is 18.8 Å². The normalized spacial score (nSPS) is 15.3. The van der Waals surface area contributed by atoms with Crippen LogP contribution >= 0.6 is 11.3 Å². The van der Waals surface area contributed by atoms with Crippen LogP contribution in [0.3, 0.4) is 0 Å². The number of amides is 1. The topological polar surface area (TPSA) is 76.6 Å². The highest BCUT2D eigenvalue weighted by Crippen LogP contribution is 2.30. The molecule has 164 valence electrons.